The maximum absolute atomic E-state index is 13.9. The molecule has 0 bridgehead atoms. The van der Waals surface area contributed by atoms with Crippen LogP contribution in [0.5, 0.6) is 5.75 Å². The van der Waals surface area contributed by atoms with Crippen LogP contribution < -0.4 is 15.4 Å². The van der Waals surface area contributed by atoms with Crippen LogP contribution >= 0.6 is 0 Å². The summed E-state index contributed by atoms with van der Waals surface area (Å²) in [5.74, 6) is 0.289. The Morgan fingerprint density at radius 2 is 1.33 bits per heavy atom. The number of benzene rings is 2. The number of hydrogen-bond acceptors (Lipinski definition) is 5. The van der Waals surface area contributed by atoms with Gasteiger partial charge in [0.15, 0.2) is 0 Å². The lowest BCUT2D eigenvalue weighted by atomic mass is 10.0. The van der Waals surface area contributed by atoms with E-state index in [2.05, 4.69) is 10.6 Å². The first-order chi connectivity index (χ1) is 21.7. The molecule has 2 saturated heterocycles. The number of carbonyl (C=O) groups is 4. The van der Waals surface area contributed by atoms with Crippen molar-refractivity contribution in [2.45, 2.75) is 78.0 Å². The lowest BCUT2D eigenvalue weighted by Gasteiger charge is -2.36. The fraction of sp³-hybridized carbons (Fsp3) is 0.543. The van der Waals surface area contributed by atoms with Gasteiger partial charge in [0.2, 0.25) is 17.7 Å². The largest absolute Gasteiger partial charge is 0.489 e. The molecular formula is C35H49N5O5. The van der Waals surface area contributed by atoms with Crippen molar-refractivity contribution in [3.05, 3.63) is 65.7 Å². The number of ether oxygens (including phenoxy) is 1. The average Bonchev–Trinajstić information content (AvgIpc) is 3.34. The second kappa shape index (κ2) is 16.8. The van der Waals surface area contributed by atoms with E-state index in [1.807, 2.05) is 68.4 Å². The number of piperazine rings is 1. The number of amides is 5. The molecule has 0 aromatic heterocycles. The Morgan fingerprint density at radius 3 is 1.93 bits per heavy atom. The number of hydrogen-bond donors (Lipinski definition) is 2. The maximum Gasteiger partial charge on any atom is 0.318 e. The van der Waals surface area contributed by atoms with Crippen LogP contribution in [-0.2, 0) is 27.4 Å². The molecule has 0 spiro atoms. The van der Waals surface area contributed by atoms with Gasteiger partial charge in [-0.05, 0) is 48.4 Å². The molecule has 5 amide bonds. The molecule has 2 aromatic carbocycles. The Bertz CT molecular complexity index is 1250. The molecule has 45 heavy (non-hydrogen) atoms. The molecule has 4 rings (SSSR count). The lowest BCUT2D eigenvalue weighted by molar-refractivity contribution is -0.141. The van der Waals surface area contributed by atoms with Gasteiger partial charge >= 0.3 is 6.03 Å². The minimum atomic E-state index is -0.831. The normalized spacial score (nSPS) is 16.8. The van der Waals surface area contributed by atoms with E-state index in [4.69, 9.17) is 4.74 Å². The summed E-state index contributed by atoms with van der Waals surface area (Å²) < 4.78 is 5.93. The molecule has 2 atom stereocenters. The van der Waals surface area contributed by atoms with Gasteiger partial charge in [0.1, 0.15) is 24.4 Å². The van der Waals surface area contributed by atoms with E-state index in [0.717, 1.165) is 36.8 Å². The minimum Gasteiger partial charge on any atom is -0.489 e. The molecule has 10 nitrogen and oxygen atoms in total. The monoisotopic (exact) mass is 619 g/mol. The van der Waals surface area contributed by atoms with Crippen LogP contribution in [0.15, 0.2) is 54.6 Å². The molecule has 10 heteroatoms. The summed E-state index contributed by atoms with van der Waals surface area (Å²) in [5.41, 5.74) is 1.94. The van der Waals surface area contributed by atoms with Gasteiger partial charge in [0.05, 0.1) is 0 Å². The third kappa shape index (κ3) is 10.5. The van der Waals surface area contributed by atoms with Crippen LogP contribution in [0.3, 0.4) is 0 Å². The van der Waals surface area contributed by atoms with Gasteiger partial charge in [-0.2, -0.15) is 0 Å². The number of nitrogens with one attached hydrogen (secondary N) is 2. The molecule has 2 aliphatic rings. The Balaban J connectivity index is 1.46. The van der Waals surface area contributed by atoms with E-state index in [1.54, 1.807) is 14.7 Å². The molecule has 2 fully saturated rings. The fourth-order valence-corrected chi connectivity index (χ4v) is 5.85. The zero-order valence-electron chi connectivity index (χ0n) is 27.0. The van der Waals surface area contributed by atoms with Crippen LogP contribution in [0.4, 0.5) is 4.79 Å². The topological polar surface area (TPSA) is 111 Å². The SMILES string of the molecule is CC(=O)N1CCN(C(=O)[C@H](Cc2ccc(OCc3ccccc3)cc2)NC(=O)[C@H](CC(C)C)NC(=O)N2CCCCCC2)CC1. The predicted octanol–water partition coefficient (Wildman–Crippen LogP) is 3.98. The predicted molar refractivity (Wildman–Crippen MR) is 174 cm³/mol. The lowest BCUT2D eigenvalue weighted by Crippen LogP contribution is -2.59. The number of urea groups is 1. The summed E-state index contributed by atoms with van der Waals surface area (Å²) in [6, 6.07) is 15.7. The number of carbonyl (C=O) groups excluding carboxylic acids is 4. The molecule has 2 aliphatic heterocycles. The van der Waals surface area contributed by atoms with E-state index in [-0.39, 0.29) is 36.1 Å². The van der Waals surface area contributed by atoms with Crippen molar-refractivity contribution < 1.29 is 23.9 Å². The molecule has 2 aromatic rings. The third-order valence-electron chi connectivity index (χ3n) is 8.48. The maximum atomic E-state index is 13.9. The zero-order valence-corrected chi connectivity index (χ0v) is 27.0. The number of nitrogens with zero attached hydrogens (tertiary/aromatic N) is 3. The van der Waals surface area contributed by atoms with Crippen molar-refractivity contribution >= 4 is 23.8 Å². The van der Waals surface area contributed by atoms with Crippen LogP contribution in [0, 0.1) is 5.92 Å². The van der Waals surface area contributed by atoms with Gasteiger partial charge in [-0.1, -0.05) is 69.2 Å². The molecule has 0 aliphatic carbocycles. The van der Waals surface area contributed by atoms with E-state index in [9.17, 15) is 19.2 Å². The smallest absolute Gasteiger partial charge is 0.318 e. The van der Waals surface area contributed by atoms with Crippen LogP contribution in [0.25, 0.3) is 0 Å². The molecule has 244 valence electrons. The summed E-state index contributed by atoms with van der Waals surface area (Å²) in [5, 5.41) is 5.98. The van der Waals surface area contributed by atoms with Crippen molar-refractivity contribution in [1.29, 1.82) is 0 Å². The summed E-state index contributed by atoms with van der Waals surface area (Å²) >= 11 is 0. The minimum absolute atomic E-state index is 0.0156. The Kier molecular flexibility index (Phi) is 12.7. The molecule has 2 N–H and O–H groups in total. The highest BCUT2D eigenvalue weighted by Crippen LogP contribution is 2.17. The molecule has 2 heterocycles. The Labute approximate surface area is 267 Å². The van der Waals surface area contributed by atoms with Gasteiger partial charge < -0.3 is 30.1 Å². The van der Waals surface area contributed by atoms with E-state index >= 15 is 0 Å². The van der Waals surface area contributed by atoms with E-state index in [1.165, 1.54) is 6.92 Å². The van der Waals surface area contributed by atoms with Crippen molar-refractivity contribution in [1.82, 2.24) is 25.3 Å². The molecule has 0 unspecified atom stereocenters. The van der Waals surface area contributed by atoms with Crippen molar-refractivity contribution in [3.8, 4) is 5.75 Å². The first kappa shape index (κ1) is 33.8. The van der Waals surface area contributed by atoms with Gasteiger partial charge in [-0.25, -0.2) is 4.79 Å². The highest BCUT2D eigenvalue weighted by atomic mass is 16.5. The van der Waals surface area contributed by atoms with Gasteiger partial charge in [-0.3, -0.25) is 14.4 Å². The highest BCUT2D eigenvalue weighted by Gasteiger charge is 2.32. The molecule has 0 saturated carbocycles. The average molecular weight is 620 g/mol. The van der Waals surface area contributed by atoms with Crippen molar-refractivity contribution in [3.63, 3.8) is 0 Å². The summed E-state index contributed by atoms with van der Waals surface area (Å²) in [4.78, 5) is 57.9. The van der Waals surface area contributed by atoms with E-state index in [0.29, 0.717) is 58.0 Å². The zero-order chi connectivity index (χ0) is 32.2. The number of likely N-dealkylation sites (tertiary alicyclic amines) is 1. The number of rotatable bonds is 11. The van der Waals surface area contributed by atoms with Crippen molar-refractivity contribution in [2.75, 3.05) is 39.3 Å². The molecule has 0 radical (unpaired) electrons. The summed E-state index contributed by atoms with van der Waals surface area (Å²) in [6.07, 6.45) is 4.85. The molecular weight excluding hydrogens is 570 g/mol. The quantitative estimate of drug-likeness (QED) is 0.395. The first-order valence-corrected chi connectivity index (χ1v) is 16.4. The van der Waals surface area contributed by atoms with Crippen LogP contribution in [0.1, 0.15) is 64.0 Å². The second-order valence-electron chi connectivity index (χ2n) is 12.5. The van der Waals surface area contributed by atoms with Gasteiger partial charge in [-0.15, -0.1) is 0 Å². The van der Waals surface area contributed by atoms with Gasteiger partial charge in [0, 0.05) is 52.6 Å². The van der Waals surface area contributed by atoms with Crippen molar-refractivity contribution in [2.24, 2.45) is 5.92 Å². The van der Waals surface area contributed by atoms with Gasteiger partial charge in [0.25, 0.3) is 0 Å². The standard InChI is InChI=1S/C35H49N5O5/c1-26(2)23-31(37-35(44)40-17-9-4-5-10-18-40)33(42)36-32(34(43)39-21-19-38(20-22-39)27(3)41)24-28-13-15-30(16-14-28)45-25-29-11-7-6-8-12-29/h6-8,11-16,26,31-32H,4-5,9-10,17-25H2,1-3H3,(H,36,42)(H,37,44)/t31-,32-/m0/s1. The first-order valence-electron chi connectivity index (χ1n) is 16.4. The second-order valence-corrected chi connectivity index (χ2v) is 12.5. The third-order valence-corrected chi connectivity index (χ3v) is 8.48. The highest BCUT2D eigenvalue weighted by molar-refractivity contribution is 5.92. The summed E-state index contributed by atoms with van der Waals surface area (Å²) in [6.45, 7) is 9.07. The Hall–Kier alpha value is -4.08. The Morgan fingerprint density at radius 1 is 0.711 bits per heavy atom. The fourth-order valence-electron chi connectivity index (χ4n) is 5.85. The van der Waals surface area contributed by atoms with Crippen LogP contribution in [0.2, 0.25) is 0 Å². The van der Waals surface area contributed by atoms with Crippen LogP contribution in [-0.4, -0.2) is 89.8 Å². The van der Waals surface area contributed by atoms with E-state index < -0.39 is 12.1 Å². The summed E-state index contributed by atoms with van der Waals surface area (Å²) in [7, 11) is 0.